The molecule has 1 aromatic heterocycles. The van der Waals surface area contributed by atoms with Crippen molar-refractivity contribution < 1.29 is 19.2 Å². The maximum atomic E-state index is 12.4. The van der Waals surface area contributed by atoms with Crippen LogP contribution in [0, 0.1) is 16.0 Å². The number of carbonyl (C=O) groups is 2. The fourth-order valence-electron chi connectivity index (χ4n) is 3.18. The van der Waals surface area contributed by atoms with Crippen LogP contribution in [0.25, 0.3) is 0 Å². The maximum absolute atomic E-state index is 12.4. The highest BCUT2D eigenvalue weighted by molar-refractivity contribution is 9.10. The van der Waals surface area contributed by atoms with Crippen molar-refractivity contribution in [2.24, 2.45) is 5.92 Å². The lowest BCUT2D eigenvalue weighted by Crippen LogP contribution is -2.38. The van der Waals surface area contributed by atoms with E-state index in [1.807, 2.05) is 0 Å². The smallest absolute Gasteiger partial charge is 0.355 e. The van der Waals surface area contributed by atoms with Crippen LogP contribution in [0.15, 0.2) is 35.1 Å². The van der Waals surface area contributed by atoms with Crippen molar-refractivity contribution in [3.63, 3.8) is 0 Å². The minimum Gasteiger partial charge on any atom is -0.469 e. The Morgan fingerprint density at radius 1 is 1.27 bits per heavy atom. The van der Waals surface area contributed by atoms with E-state index in [9.17, 15) is 19.7 Å². The molecule has 0 spiro atoms. The highest BCUT2D eigenvalue weighted by Gasteiger charge is 2.32. The van der Waals surface area contributed by atoms with Crippen LogP contribution in [0.3, 0.4) is 0 Å². The number of halogens is 1. The SMILES string of the molecule is COC(=O)C1CCN(c2ncnc(NNC(=O)c3ccccc3Br)c2[N+](=O)[O-])CC1. The number of piperidine rings is 1. The van der Waals surface area contributed by atoms with Crippen molar-refractivity contribution in [3.8, 4) is 0 Å². The van der Waals surface area contributed by atoms with Gasteiger partial charge >= 0.3 is 11.7 Å². The second kappa shape index (κ2) is 9.48. The summed E-state index contributed by atoms with van der Waals surface area (Å²) < 4.78 is 5.35. The Kier molecular flexibility index (Phi) is 6.77. The summed E-state index contributed by atoms with van der Waals surface area (Å²) in [6, 6.07) is 6.77. The maximum Gasteiger partial charge on any atom is 0.355 e. The van der Waals surface area contributed by atoms with Gasteiger partial charge in [-0.05, 0) is 40.9 Å². The molecule has 158 valence electrons. The van der Waals surface area contributed by atoms with Gasteiger partial charge in [-0.15, -0.1) is 0 Å². The van der Waals surface area contributed by atoms with Crippen LogP contribution in [0.4, 0.5) is 17.3 Å². The first-order valence-electron chi connectivity index (χ1n) is 9.05. The van der Waals surface area contributed by atoms with E-state index in [-0.39, 0.29) is 29.2 Å². The Hall–Kier alpha value is -3.28. The number of rotatable bonds is 6. The Labute approximate surface area is 180 Å². The van der Waals surface area contributed by atoms with Gasteiger partial charge in [0.25, 0.3) is 5.91 Å². The van der Waals surface area contributed by atoms with Crippen LogP contribution in [0.2, 0.25) is 0 Å². The molecule has 1 aliphatic rings. The molecule has 2 heterocycles. The van der Waals surface area contributed by atoms with E-state index < -0.39 is 10.8 Å². The number of carbonyl (C=O) groups excluding carboxylic acids is 2. The summed E-state index contributed by atoms with van der Waals surface area (Å²) in [6.07, 6.45) is 2.17. The normalized spacial score (nSPS) is 14.1. The molecule has 0 radical (unpaired) electrons. The lowest BCUT2D eigenvalue weighted by atomic mass is 9.97. The lowest BCUT2D eigenvalue weighted by Gasteiger charge is -2.31. The first-order chi connectivity index (χ1) is 14.4. The van der Waals surface area contributed by atoms with Crippen LogP contribution in [-0.2, 0) is 9.53 Å². The third-order valence-corrected chi connectivity index (χ3v) is 5.42. The van der Waals surface area contributed by atoms with Crippen LogP contribution in [-0.4, -0.2) is 47.0 Å². The van der Waals surface area contributed by atoms with Crippen molar-refractivity contribution in [1.29, 1.82) is 0 Å². The number of aromatic nitrogens is 2. The van der Waals surface area contributed by atoms with Gasteiger partial charge in [0.2, 0.25) is 11.6 Å². The van der Waals surface area contributed by atoms with Gasteiger partial charge in [0.1, 0.15) is 6.33 Å². The van der Waals surface area contributed by atoms with Gasteiger partial charge < -0.3 is 9.64 Å². The lowest BCUT2D eigenvalue weighted by molar-refractivity contribution is -0.383. The Balaban J connectivity index is 1.77. The standard InChI is InChI=1S/C18H19BrN6O5/c1-30-18(27)11-6-8-24(9-7-11)16-14(25(28)29)15(20-10-21-16)22-23-17(26)12-4-2-3-5-13(12)19/h2-5,10-11H,6-9H2,1H3,(H,23,26)(H,20,21,22). The molecule has 2 N–H and O–H groups in total. The summed E-state index contributed by atoms with van der Waals surface area (Å²) in [6.45, 7) is 0.806. The minimum atomic E-state index is -0.603. The summed E-state index contributed by atoms with van der Waals surface area (Å²) in [5, 5.41) is 11.7. The fraction of sp³-hybridized carbons (Fsp3) is 0.333. The van der Waals surface area contributed by atoms with Crippen molar-refractivity contribution in [1.82, 2.24) is 15.4 Å². The minimum absolute atomic E-state index is 0.121. The number of amides is 1. The largest absolute Gasteiger partial charge is 0.469 e. The molecule has 1 aromatic carbocycles. The molecule has 0 bridgehead atoms. The summed E-state index contributed by atoms with van der Waals surface area (Å²) in [4.78, 5) is 44.9. The molecule has 0 unspecified atom stereocenters. The molecule has 1 fully saturated rings. The van der Waals surface area contributed by atoms with E-state index in [4.69, 9.17) is 4.74 Å². The zero-order valence-electron chi connectivity index (χ0n) is 16.0. The average molecular weight is 479 g/mol. The molecule has 12 heteroatoms. The van der Waals surface area contributed by atoms with Gasteiger partial charge in [-0.25, -0.2) is 9.97 Å². The van der Waals surface area contributed by atoms with Crippen molar-refractivity contribution in [3.05, 3.63) is 50.7 Å². The average Bonchev–Trinajstić information content (AvgIpc) is 2.77. The van der Waals surface area contributed by atoms with Crippen LogP contribution >= 0.6 is 15.9 Å². The van der Waals surface area contributed by atoms with Gasteiger partial charge in [0.05, 0.1) is 23.5 Å². The first-order valence-corrected chi connectivity index (χ1v) is 9.84. The Morgan fingerprint density at radius 2 is 1.97 bits per heavy atom. The molecule has 30 heavy (non-hydrogen) atoms. The van der Waals surface area contributed by atoms with E-state index in [1.54, 1.807) is 29.2 Å². The summed E-state index contributed by atoms with van der Waals surface area (Å²) in [5.41, 5.74) is 4.93. The fourth-order valence-corrected chi connectivity index (χ4v) is 3.65. The number of esters is 1. The number of methoxy groups -OCH3 is 1. The predicted molar refractivity (Wildman–Crippen MR) is 111 cm³/mol. The summed E-state index contributed by atoms with van der Waals surface area (Å²) in [7, 11) is 1.34. The molecule has 1 aliphatic heterocycles. The number of hydrogen-bond acceptors (Lipinski definition) is 9. The Bertz CT molecular complexity index is 964. The van der Waals surface area contributed by atoms with E-state index in [2.05, 4.69) is 36.7 Å². The van der Waals surface area contributed by atoms with Crippen molar-refractivity contribution in [2.45, 2.75) is 12.8 Å². The van der Waals surface area contributed by atoms with Crippen molar-refractivity contribution >= 4 is 45.1 Å². The van der Waals surface area contributed by atoms with Gasteiger partial charge in [0, 0.05) is 17.6 Å². The van der Waals surface area contributed by atoms with E-state index in [0.717, 1.165) is 0 Å². The third-order valence-electron chi connectivity index (χ3n) is 4.73. The number of nitrogens with one attached hydrogen (secondary N) is 2. The van der Waals surface area contributed by atoms with E-state index in [0.29, 0.717) is 36.0 Å². The topological polar surface area (TPSA) is 140 Å². The number of anilines is 2. The molecule has 0 saturated carbocycles. The van der Waals surface area contributed by atoms with Crippen LogP contribution < -0.4 is 15.8 Å². The number of nitro groups is 1. The second-order valence-electron chi connectivity index (χ2n) is 6.50. The van der Waals surface area contributed by atoms with E-state index in [1.165, 1.54) is 13.4 Å². The molecule has 1 saturated heterocycles. The molecular weight excluding hydrogens is 460 g/mol. The quantitative estimate of drug-likeness (QED) is 0.363. The third kappa shape index (κ3) is 4.64. The van der Waals surface area contributed by atoms with Crippen LogP contribution in [0.5, 0.6) is 0 Å². The predicted octanol–water partition coefficient (Wildman–Crippen LogP) is 2.29. The van der Waals surface area contributed by atoms with Crippen molar-refractivity contribution in [2.75, 3.05) is 30.5 Å². The number of hydrogen-bond donors (Lipinski definition) is 2. The highest BCUT2D eigenvalue weighted by Crippen LogP contribution is 2.34. The monoisotopic (exact) mass is 478 g/mol. The van der Waals surface area contributed by atoms with Gasteiger partial charge in [-0.1, -0.05) is 12.1 Å². The molecule has 0 aliphatic carbocycles. The molecule has 11 nitrogen and oxygen atoms in total. The highest BCUT2D eigenvalue weighted by atomic mass is 79.9. The molecule has 0 atom stereocenters. The summed E-state index contributed by atoms with van der Waals surface area (Å²) >= 11 is 3.28. The number of hydrazine groups is 1. The second-order valence-corrected chi connectivity index (χ2v) is 7.35. The van der Waals surface area contributed by atoms with Gasteiger partial charge in [0.15, 0.2) is 0 Å². The number of ether oxygens (including phenoxy) is 1. The number of benzene rings is 1. The van der Waals surface area contributed by atoms with E-state index >= 15 is 0 Å². The summed E-state index contributed by atoms with van der Waals surface area (Å²) in [5.74, 6) is -1.04. The molecule has 2 aromatic rings. The Morgan fingerprint density at radius 3 is 2.60 bits per heavy atom. The van der Waals surface area contributed by atoms with Gasteiger partial charge in [-0.2, -0.15) is 0 Å². The zero-order chi connectivity index (χ0) is 21.7. The molecular formula is C18H19BrN6O5. The zero-order valence-corrected chi connectivity index (χ0v) is 17.6. The van der Waals surface area contributed by atoms with Gasteiger partial charge in [-0.3, -0.25) is 30.6 Å². The molecule has 3 rings (SSSR count). The molecule has 1 amide bonds. The number of nitrogens with zero attached hydrogens (tertiary/aromatic N) is 4. The first kappa shape index (κ1) is 21.4. The van der Waals surface area contributed by atoms with Crippen LogP contribution in [0.1, 0.15) is 23.2 Å².